The molecule has 1 aromatic heterocycles. The summed E-state index contributed by atoms with van der Waals surface area (Å²) in [6, 6.07) is 6.23. The second kappa shape index (κ2) is 6.13. The van der Waals surface area contributed by atoms with Gasteiger partial charge in [-0.2, -0.15) is 11.3 Å². The molecule has 0 bridgehead atoms. The third-order valence-electron chi connectivity index (χ3n) is 2.65. The fraction of sp³-hybridized carbons (Fsp3) is 0.0833. The van der Waals surface area contributed by atoms with E-state index in [1.165, 1.54) is 29.5 Å². The number of amides is 1. The first kappa shape index (κ1) is 14.0. The van der Waals surface area contributed by atoms with Gasteiger partial charge in [0.15, 0.2) is 0 Å². The molecule has 0 radical (unpaired) electrons. The molecule has 4 N–H and O–H groups in total. The van der Waals surface area contributed by atoms with Crippen LogP contribution in [-0.2, 0) is 6.54 Å². The highest BCUT2D eigenvalue weighted by atomic mass is 32.1. The second-order valence-electron chi connectivity index (χ2n) is 3.92. The van der Waals surface area contributed by atoms with Crippen LogP contribution in [0.25, 0.3) is 0 Å². The van der Waals surface area contributed by atoms with Crippen molar-refractivity contribution in [3.63, 3.8) is 0 Å². The van der Waals surface area contributed by atoms with Crippen LogP contribution >= 0.6 is 11.3 Å². The van der Waals surface area contributed by atoms with Gasteiger partial charge in [0.2, 0.25) is 0 Å². The standard InChI is InChI=1S/C12H12N4O3S/c13-15-10-3-1-2-9(11(10)16(18)19)12(17)14-6-8-4-5-20-7-8/h1-5,7,15H,6,13H2,(H,14,17). The fourth-order valence-corrected chi connectivity index (χ4v) is 2.38. The molecule has 0 spiro atoms. The van der Waals surface area contributed by atoms with Crippen molar-refractivity contribution in [3.05, 3.63) is 56.3 Å². The van der Waals surface area contributed by atoms with Crippen LogP contribution in [0.15, 0.2) is 35.0 Å². The van der Waals surface area contributed by atoms with Crippen LogP contribution in [0.1, 0.15) is 15.9 Å². The Morgan fingerprint density at radius 2 is 2.20 bits per heavy atom. The average molecular weight is 292 g/mol. The van der Waals surface area contributed by atoms with Gasteiger partial charge in [-0.15, -0.1) is 0 Å². The summed E-state index contributed by atoms with van der Waals surface area (Å²) in [5.41, 5.74) is 2.90. The predicted molar refractivity (Wildman–Crippen MR) is 76.4 cm³/mol. The SMILES string of the molecule is NNc1cccc(C(=O)NCc2ccsc2)c1[N+](=O)[O-]. The number of carbonyl (C=O) groups is 1. The third-order valence-corrected chi connectivity index (χ3v) is 3.38. The van der Waals surface area contributed by atoms with E-state index in [1.54, 1.807) is 0 Å². The van der Waals surface area contributed by atoms with E-state index >= 15 is 0 Å². The lowest BCUT2D eigenvalue weighted by molar-refractivity contribution is -0.384. The van der Waals surface area contributed by atoms with Crippen molar-refractivity contribution in [1.29, 1.82) is 0 Å². The number of nitro groups is 1. The Balaban J connectivity index is 2.23. The highest BCUT2D eigenvalue weighted by molar-refractivity contribution is 7.07. The van der Waals surface area contributed by atoms with Crippen LogP contribution in [0.3, 0.4) is 0 Å². The number of rotatable bonds is 5. The number of anilines is 1. The number of para-hydroxylation sites is 1. The van der Waals surface area contributed by atoms with E-state index in [9.17, 15) is 14.9 Å². The molecule has 1 amide bonds. The average Bonchev–Trinajstić information content (AvgIpc) is 2.96. The number of benzene rings is 1. The van der Waals surface area contributed by atoms with Crippen molar-refractivity contribution in [2.45, 2.75) is 6.54 Å². The summed E-state index contributed by atoms with van der Waals surface area (Å²) in [4.78, 5) is 22.5. The molecule has 0 aliphatic heterocycles. The largest absolute Gasteiger partial charge is 0.348 e. The first-order valence-electron chi connectivity index (χ1n) is 5.66. The summed E-state index contributed by atoms with van der Waals surface area (Å²) in [6.45, 7) is 0.319. The van der Waals surface area contributed by atoms with Crippen molar-refractivity contribution in [1.82, 2.24) is 5.32 Å². The monoisotopic (exact) mass is 292 g/mol. The first-order chi connectivity index (χ1) is 9.63. The van der Waals surface area contributed by atoms with E-state index in [0.29, 0.717) is 6.54 Å². The van der Waals surface area contributed by atoms with Crippen LogP contribution in [0.4, 0.5) is 11.4 Å². The molecule has 2 aromatic rings. The minimum atomic E-state index is -0.630. The molecular formula is C12H12N4O3S. The third kappa shape index (κ3) is 2.92. The van der Waals surface area contributed by atoms with Gasteiger partial charge in [0.1, 0.15) is 11.3 Å². The van der Waals surface area contributed by atoms with Crippen LogP contribution in [0.5, 0.6) is 0 Å². The Morgan fingerprint density at radius 3 is 2.80 bits per heavy atom. The molecule has 2 rings (SSSR count). The van der Waals surface area contributed by atoms with Gasteiger partial charge in [-0.3, -0.25) is 20.8 Å². The number of hydrogen-bond acceptors (Lipinski definition) is 6. The molecule has 0 atom stereocenters. The maximum absolute atomic E-state index is 12.1. The van der Waals surface area contributed by atoms with Crippen molar-refractivity contribution < 1.29 is 9.72 Å². The van der Waals surface area contributed by atoms with Gasteiger partial charge in [-0.05, 0) is 34.5 Å². The molecule has 1 aromatic carbocycles. The zero-order valence-electron chi connectivity index (χ0n) is 10.3. The summed E-state index contributed by atoms with van der Waals surface area (Å²) in [5, 5.41) is 17.5. The Labute approximate surface area is 118 Å². The first-order valence-corrected chi connectivity index (χ1v) is 6.61. The van der Waals surface area contributed by atoms with Gasteiger partial charge in [0.25, 0.3) is 5.91 Å². The zero-order valence-corrected chi connectivity index (χ0v) is 11.1. The quantitative estimate of drug-likeness (QED) is 0.442. The Bertz CT molecular complexity index is 628. The number of nitrogens with zero attached hydrogens (tertiary/aromatic N) is 1. The smallest absolute Gasteiger partial charge is 0.306 e. The van der Waals surface area contributed by atoms with E-state index < -0.39 is 10.8 Å². The molecule has 8 heteroatoms. The van der Waals surface area contributed by atoms with Crippen molar-refractivity contribution >= 4 is 28.6 Å². The van der Waals surface area contributed by atoms with Crippen molar-refractivity contribution in [3.8, 4) is 0 Å². The Kier molecular flexibility index (Phi) is 4.28. The van der Waals surface area contributed by atoms with Crippen molar-refractivity contribution in [2.24, 2.45) is 5.84 Å². The molecule has 104 valence electrons. The number of hydrazine groups is 1. The molecular weight excluding hydrogens is 280 g/mol. The normalized spacial score (nSPS) is 10.1. The summed E-state index contributed by atoms with van der Waals surface area (Å²) in [6.07, 6.45) is 0. The summed E-state index contributed by atoms with van der Waals surface area (Å²) < 4.78 is 0. The summed E-state index contributed by atoms with van der Waals surface area (Å²) in [7, 11) is 0. The highest BCUT2D eigenvalue weighted by Crippen LogP contribution is 2.27. The van der Waals surface area contributed by atoms with Gasteiger partial charge in [-0.25, -0.2) is 0 Å². The van der Waals surface area contributed by atoms with Gasteiger partial charge in [0.05, 0.1) is 4.92 Å². The number of carbonyl (C=O) groups excluding carboxylic acids is 1. The van der Waals surface area contributed by atoms with Gasteiger partial charge in [-0.1, -0.05) is 6.07 Å². The molecule has 7 nitrogen and oxygen atoms in total. The van der Waals surface area contributed by atoms with Gasteiger partial charge < -0.3 is 10.7 Å². The Hall–Kier alpha value is -2.45. The van der Waals surface area contributed by atoms with Crippen LogP contribution < -0.4 is 16.6 Å². The topological polar surface area (TPSA) is 110 Å². The minimum absolute atomic E-state index is 0.0271. The molecule has 20 heavy (non-hydrogen) atoms. The van der Waals surface area contributed by atoms with E-state index in [-0.39, 0.29) is 16.9 Å². The molecule has 0 aliphatic rings. The van der Waals surface area contributed by atoms with Gasteiger partial charge >= 0.3 is 5.69 Å². The Morgan fingerprint density at radius 1 is 1.40 bits per heavy atom. The van der Waals surface area contributed by atoms with Gasteiger partial charge in [0, 0.05) is 6.54 Å². The number of hydrogen-bond donors (Lipinski definition) is 3. The molecule has 0 saturated heterocycles. The van der Waals surface area contributed by atoms with E-state index in [2.05, 4.69) is 10.7 Å². The van der Waals surface area contributed by atoms with Crippen LogP contribution in [0, 0.1) is 10.1 Å². The minimum Gasteiger partial charge on any atom is -0.348 e. The van der Waals surface area contributed by atoms with Crippen LogP contribution in [0.2, 0.25) is 0 Å². The summed E-state index contributed by atoms with van der Waals surface area (Å²) in [5.74, 6) is 4.71. The number of nitrogens with one attached hydrogen (secondary N) is 2. The molecule has 0 saturated carbocycles. The predicted octanol–water partition coefficient (Wildman–Crippen LogP) is 1.87. The van der Waals surface area contributed by atoms with E-state index in [1.807, 2.05) is 16.8 Å². The zero-order chi connectivity index (χ0) is 14.5. The number of thiophene rings is 1. The van der Waals surface area contributed by atoms with E-state index in [4.69, 9.17) is 5.84 Å². The molecule has 1 heterocycles. The summed E-state index contributed by atoms with van der Waals surface area (Å²) >= 11 is 1.52. The fourth-order valence-electron chi connectivity index (χ4n) is 1.71. The van der Waals surface area contributed by atoms with Crippen LogP contribution in [-0.4, -0.2) is 10.8 Å². The second-order valence-corrected chi connectivity index (χ2v) is 4.70. The lowest BCUT2D eigenvalue weighted by atomic mass is 10.1. The van der Waals surface area contributed by atoms with E-state index in [0.717, 1.165) is 5.56 Å². The lowest BCUT2D eigenvalue weighted by Gasteiger charge is -2.07. The van der Waals surface area contributed by atoms with Crippen molar-refractivity contribution in [2.75, 3.05) is 5.43 Å². The molecule has 0 fully saturated rings. The molecule has 0 aliphatic carbocycles. The maximum Gasteiger partial charge on any atom is 0.306 e. The number of nitro benzene ring substituents is 1. The highest BCUT2D eigenvalue weighted by Gasteiger charge is 2.23. The lowest BCUT2D eigenvalue weighted by Crippen LogP contribution is -2.24. The number of nitrogen functional groups attached to an aromatic ring is 1. The molecule has 0 unspecified atom stereocenters. The number of nitrogens with two attached hydrogens (primary N) is 1. The maximum atomic E-state index is 12.1.